The van der Waals surface area contributed by atoms with E-state index in [-0.39, 0.29) is 6.10 Å². The number of aromatic amines is 1. The van der Waals surface area contributed by atoms with Crippen molar-refractivity contribution in [1.29, 1.82) is 0 Å². The van der Waals surface area contributed by atoms with E-state index >= 15 is 0 Å². The number of hydrogen-bond donors (Lipinski definition) is 1. The Morgan fingerprint density at radius 3 is 3.12 bits per heavy atom. The molecule has 1 unspecified atom stereocenters. The van der Waals surface area contributed by atoms with Crippen LogP contribution >= 0.6 is 12.2 Å². The van der Waals surface area contributed by atoms with Crippen molar-refractivity contribution < 1.29 is 14.2 Å². The molecule has 1 fully saturated rings. The van der Waals surface area contributed by atoms with Gasteiger partial charge in [-0.25, -0.2) is 0 Å². The molecule has 0 aliphatic carbocycles. The Bertz CT molecular complexity index is 778. The maximum Gasteiger partial charge on any atom is 0.216 e. The van der Waals surface area contributed by atoms with Crippen molar-refractivity contribution >= 4 is 18.4 Å². The molecule has 1 saturated heterocycles. The van der Waals surface area contributed by atoms with Crippen LogP contribution < -0.4 is 9.47 Å². The second-order valence-electron chi connectivity index (χ2n) is 5.26. The van der Waals surface area contributed by atoms with Crippen LogP contribution in [-0.4, -0.2) is 41.4 Å². The van der Waals surface area contributed by atoms with E-state index < -0.39 is 0 Å². The van der Waals surface area contributed by atoms with Crippen LogP contribution in [0, 0.1) is 4.77 Å². The topological polar surface area (TPSA) is 73.7 Å². The minimum atomic E-state index is -0.0771. The summed E-state index contributed by atoms with van der Waals surface area (Å²) in [6.45, 7) is 3.23. The molecule has 0 spiro atoms. The van der Waals surface area contributed by atoms with Gasteiger partial charge >= 0.3 is 0 Å². The molecule has 2 aromatic rings. The Morgan fingerprint density at radius 1 is 1.54 bits per heavy atom. The van der Waals surface area contributed by atoms with Gasteiger partial charge in [-0.2, -0.15) is 14.9 Å². The number of ether oxygens (including phenoxy) is 3. The van der Waals surface area contributed by atoms with Gasteiger partial charge in [-0.3, -0.25) is 5.10 Å². The van der Waals surface area contributed by atoms with Gasteiger partial charge in [0, 0.05) is 12.2 Å². The van der Waals surface area contributed by atoms with Crippen molar-refractivity contribution in [2.45, 2.75) is 25.9 Å². The third kappa shape index (κ3) is 3.34. The minimum absolute atomic E-state index is 0.0771. The molecule has 1 aliphatic heterocycles. The average molecular weight is 348 g/mol. The van der Waals surface area contributed by atoms with Crippen molar-refractivity contribution in [1.82, 2.24) is 14.9 Å². The van der Waals surface area contributed by atoms with Gasteiger partial charge in [0.05, 0.1) is 19.9 Å². The molecule has 1 aliphatic rings. The molecule has 1 aromatic heterocycles. The van der Waals surface area contributed by atoms with E-state index in [9.17, 15) is 0 Å². The standard InChI is InChI=1S/C16H20N4O3S/c1-3-22-12-7-4-6-11(14(12)21-2)10-17-20-15(18-19-16(20)24)13-8-5-9-23-13/h4,6-7,10,13H,3,5,8-9H2,1-2H3,(H,19,24)/b17-10-. The van der Waals surface area contributed by atoms with Crippen LogP contribution in [0.15, 0.2) is 23.3 Å². The normalized spacial score (nSPS) is 17.5. The number of H-pyrrole nitrogens is 1. The minimum Gasteiger partial charge on any atom is -0.492 e. The molecule has 1 aromatic carbocycles. The number of nitrogens with zero attached hydrogens (tertiary/aromatic N) is 3. The Hall–Kier alpha value is -2.19. The zero-order valence-electron chi connectivity index (χ0n) is 13.7. The number of para-hydroxylation sites is 1. The fourth-order valence-electron chi connectivity index (χ4n) is 2.65. The van der Waals surface area contributed by atoms with Crippen LogP contribution in [0.2, 0.25) is 0 Å². The van der Waals surface area contributed by atoms with E-state index in [0.717, 1.165) is 25.0 Å². The molecular weight excluding hydrogens is 328 g/mol. The molecule has 0 amide bonds. The van der Waals surface area contributed by atoms with E-state index in [0.29, 0.717) is 28.7 Å². The molecule has 24 heavy (non-hydrogen) atoms. The lowest BCUT2D eigenvalue weighted by Crippen LogP contribution is -2.06. The zero-order valence-corrected chi connectivity index (χ0v) is 14.5. The summed E-state index contributed by atoms with van der Waals surface area (Å²) in [5.74, 6) is 2.00. The molecule has 128 valence electrons. The second kappa shape index (κ2) is 7.59. The SMILES string of the molecule is CCOc1cccc(/C=N\n2c(C3CCCO3)n[nH]c2=S)c1OC. The molecule has 3 rings (SSSR count). The number of benzene rings is 1. The van der Waals surface area contributed by atoms with Crippen LogP contribution in [0.3, 0.4) is 0 Å². The maximum absolute atomic E-state index is 5.67. The molecule has 8 heteroatoms. The summed E-state index contributed by atoms with van der Waals surface area (Å²) >= 11 is 5.27. The number of nitrogens with one attached hydrogen (secondary N) is 1. The van der Waals surface area contributed by atoms with Gasteiger partial charge in [-0.1, -0.05) is 6.07 Å². The van der Waals surface area contributed by atoms with Gasteiger partial charge in [-0.15, -0.1) is 0 Å². The van der Waals surface area contributed by atoms with Crippen molar-refractivity contribution in [2.75, 3.05) is 20.3 Å². The largest absolute Gasteiger partial charge is 0.492 e. The second-order valence-corrected chi connectivity index (χ2v) is 5.64. The Labute approximate surface area is 145 Å². The summed E-state index contributed by atoms with van der Waals surface area (Å²) in [7, 11) is 1.61. The summed E-state index contributed by atoms with van der Waals surface area (Å²) < 4.78 is 18.7. The first-order valence-corrected chi connectivity index (χ1v) is 8.28. The van der Waals surface area contributed by atoms with Gasteiger partial charge in [0.1, 0.15) is 6.10 Å². The number of aromatic nitrogens is 3. The summed E-state index contributed by atoms with van der Waals surface area (Å²) in [5.41, 5.74) is 0.796. The molecular formula is C16H20N4O3S. The molecule has 0 radical (unpaired) electrons. The van der Waals surface area contributed by atoms with Gasteiger partial charge < -0.3 is 14.2 Å². The van der Waals surface area contributed by atoms with E-state index in [1.54, 1.807) is 18.0 Å². The van der Waals surface area contributed by atoms with E-state index in [1.165, 1.54) is 0 Å². The molecule has 1 atom stereocenters. The van der Waals surface area contributed by atoms with Gasteiger partial charge in [0.25, 0.3) is 0 Å². The van der Waals surface area contributed by atoms with Crippen LogP contribution in [0.1, 0.15) is 37.3 Å². The average Bonchev–Trinajstić information content (AvgIpc) is 3.23. The van der Waals surface area contributed by atoms with Crippen LogP contribution in [0.5, 0.6) is 11.5 Å². The van der Waals surface area contributed by atoms with Gasteiger partial charge in [0.15, 0.2) is 17.3 Å². The lowest BCUT2D eigenvalue weighted by atomic mass is 10.2. The highest BCUT2D eigenvalue weighted by Gasteiger charge is 2.23. The first-order valence-electron chi connectivity index (χ1n) is 7.87. The lowest BCUT2D eigenvalue weighted by Gasteiger charge is -2.11. The van der Waals surface area contributed by atoms with Gasteiger partial charge in [-0.05, 0) is 44.1 Å². The molecule has 7 nitrogen and oxygen atoms in total. The molecule has 2 heterocycles. The third-order valence-electron chi connectivity index (χ3n) is 3.72. The summed E-state index contributed by atoms with van der Waals surface area (Å²) in [6.07, 6.45) is 3.54. The summed E-state index contributed by atoms with van der Waals surface area (Å²) in [6, 6.07) is 5.66. The Morgan fingerprint density at radius 2 is 2.42 bits per heavy atom. The van der Waals surface area contributed by atoms with Crippen molar-refractivity contribution in [3.63, 3.8) is 0 Å². The highest BCUT2D eigenvalue weighted by Crippen LogP contribution is 2.30. The number of rotatable bonds is 6. The highest BCUT2D eigenvalue weighted by molar-refractivity contribution is 7.71. The van der Waals surface area contributed by atoms with Crippen molar-refractivity contribution in [3.8, 4) is 11.5 Å². The highest BCUT2D eigenvalue weighted by atomic mass is 32.1. The lowest BCUT2D eigenvalue weighted by molar-refractivity contribution is 0.102. The Balaban J connectivity index is 1.93. The molecule has 1 N–H and O–H groups in total. The van der Waals surface area contributed by atoms with Crippen LogP contribution in [-0.2, 0) is 4.74 Å². The van der Waals surface area contributed by atoms with Crippen LogP contribution in [0.25, 0.3) is 0 Å². The summed E-state index contributed by atoms with van der Waals surface area (Å²) in [5, 5.41) is 11.5. The van der Waals surface area contributed by atoms with Gasteiger partial charge in [0.2, 0.25) is 4.77 Å². The maximum atomic E-state index is 5.67. The quantitative estimate of drug-likeness (QED) is 0.641. The predicted octanol–water partition coefficient (Wildman–Crippen LogP) is 3.08. The monoisotopic (exact) mass is 348 g/mol. The van der Waals surface area contributed by atoms with Crippen molar-refractivity contribution in [2.24, 2.45) is 5.10 Å². The first kappa shape index (κ1) is 16.7. The first-order chi connectivity index (χ1) is 11.7. The fourth-order valence-corrected chi connectivity index (χ4v) is 2.83. The third-order valence-corrected chi connectivity index (χ3v) is 3.98. The molecule has 0 saturated carbocycles. The smallest absolute Gasteiger partial charge is 0.216 e. The summed E-state index contributed by atoms with van der Waals surface area (Å²) in [4.78, 5) is 0. The predicted molar refractivity (Wildman–Crippen MR) is 92.5 cm³/mol. The molecule has 0 bridgehead atoms. The van der Waals surface area contributed by atoms with Crippen LogP contribution in [0.4, 0.5) is 0 Å². The van der Waals surface area contributed by atoms with E-state index in [2.05, 4.69) is 15.3 Å². The number of methoxy groups -OCH3 is 1. The van der Waals surface area contributed by atoms with E-state index in [1.807, 2.05) is 25.1 Å². The van der Waals surface area contributed by atoms with Crippen molar-refractivity contribution in [3.05, 3.63) is 34.4 Å². The zero-order chi connectivity index (χ0) is 16.9. The Kier molecular flexibility index (Phi) is 5.27. The fraction of sp³-hybridized carbons (Fsp3) is 0.438. The van der Waals surface area contributed by atoms with E-state index in [4.69, 9.17) is 26.4 Å². The number of hydrogen-bond acceptors (Lipinski definition) is 6.